The summed E-state index contributed by atoms with van der Waals surface area (Å²) in [6.07, 6.45) is 4.09. The van der Waals surface area contributed by atoms with E-state index in [9.17, 15) is 14.7 Å². The minimum atomic E-state index is -0.485. The highest BCUT2D eigenvalue weighted by Gasteiger charge is 2.25. The van der Waals surface area contributed by atoms with Crippen molar-refractivity contribution < 1.29 is 23.5 Å². The van der Waals surface area contributed by atoms with Gasteiger partial charge in [0, 0.05) is 25.2 Å². The molecule has 3 aromatic rings. The first kappa shape index (κ1) is 19.9. The number of nitrogens with one attached hydrogen (secondary N) is 1. The van der Waals surface area contributed by atoms with Crippen LogP contribution >= 0.6 is 0 Å². The van der Waals surface area contributed by atoms with E-state index >= 15 is 0 Å². The molecule has 8 nitrogen and oxygen atoms in total. The Balaban J connectivity index is 1.34. The van der Waals surface area contributed by atoms with Gasteiger partial charge < -0.3 is 24.2 Å². The predicted octanol–water partition coefficient (Wildman–Crippen LogP) is 2.39. The molecular formula is C22H23N3O5. The summed E-state index contributed by atoms with van der Waals surface area (Å²) < 4.78 is 10.7. The standard InChI is InChI=1S/C22H23N3O5/c26-17-3-1-9-25(13-17)22(28)19-14-30-21(24-19)16-7-5-15(6-8-16)12-23-20(27)11-18-4-2-10-29-18/h2,4-8,10,14,17,26H,1,3,9,11-13H2,(H,23,27). The molecule has 3 heterocycles. The smallest absolute Gasteiger partial charge is 0.275 e. The first-order chi connectivity index (χ1) is 14.6. The van der Waals surface area contributed by atoms with Crippen LogP contribution in [0.4, 0.5) is 0 Å². The van der Waals surface area contributed by atoms with Gasteiger partial charge in [-0.1, -0.05) is 12.1 Å². The van der Waals surface area contributed by atoms with Crippen molar-refractivity contribution in [3.8, 4) is 11.5 Å². The normalized spacial score (nSPS) is 16.4. The van der Waals surface area contributed by atoms with Crippen molar-refractivity contribution >= 4 is 11.8 Å². The number of aromatic nitrogens is 1. The number of carbonyl (C=O) groups excluding carboxylic acids is 2. The molecular weight excluding hydrogens is 386 g/mol. The molecule has 1 fully saturated rings. The lowest BCUT2D eigenvalue weighted by Gasteiger charge is -2.29. The number of furan rings is 1. The van der Waals surface area contributed by atoms with E-state index in [1.807, 2.05) is 24.3 Å². The predicted molar refractivity (Wildman–Crippen MR) is 107 cm³/mol. The highest BCUT2D eigenvalue weighted by atomic mass is 16.3. The maximum Gasteiger partial charge on any atom is 0.275 e. The van der Waals surface area contributed by atoms with E-state index in [0.717, 1.165) is 17.5 Å². The van der Waals surface area contributed by atoms with Crippen LogP contribution in [0.3, 0.4) is 0 Å². The molecule has 0 radical (unpaired) electrons. The highest BCUT2D eigenvalue weighted by molar-refractivity contribution is 5.92. The van der Waals surface area contributed by atoms with Crippen LogP contribution in [-0.4, -0.2) is 46.0 Å². The lowest BCUT2D eigenvalue weighted by molar-refractivity contribution is -0.120. The Hall–Kier alpha value is -3.39. The Bertz CT molecular complexity index is 994. The van der Waals surface area contributed by atoms with Gasteiger partial charge in [-0.25, -0.2) is 4.98 Å². The Kier molecular flexibility index (Phi) is 5.94. The van der Waals surface area contributed by atoms with Gasteiger partial charge in [-0.15, -0.1) is 0 Å². The monoisotopic (exact) mass is 409 g/mol. The number of aliphatic hydroxyl groups is 1. The number of aliphatic hydroxyl groups excluding tert-OH is 1. The summed E-state index contributed by atoms with van der Waals surface area (Å²) in [5.41, 5.74) is 1.89. The van der Waals surface area contributed by atoms with Crippen molar-refractivity contribution in [3.63, 3.8) is 0 Å². The molecule has 8 heteroatoms. The van der Waals surface area contributed by atoms with Gasteiger partial charge in [0.25, 0.3) is 5.91 Å². The third-order valence-corrected chi connectivity index (χ3v) is 5.01. The molecule has 1 atom stereocenters. The van der Waals surface area contributed by atoms with E-state index in [1.165, 1.54) is 6.26 Å². The summed E-state index contributed by atoms with van der Waals surface area (Å²) in [6, 6.07) is 10.9. The molecule has 1 aliphatic heterocycles. The molecule has 1 aliphatic rings. The molecule has 2 aromatic heterocycles. The van der Waals surface area contributed by atoms with Crippen molar-refractivity contribution in [1.29, 1.82) is 0 Å². The first-order valence-electron chi connectivity index (χ1n) is 9.90. The van der Waals surface area contributed by atoms with E-state index in [4.69, 9.17) is 8.83 Å². The summed E-state index contributed by atoms with van der Waals surface area (Å²) in [5, 5.41) is 12.6. The second-order valence-corrected chi connectivity index (χ2v) is 7.31. The van der Waals surface area contributed by atoms with Crippen molar-refractivity contribution in [2.24, 2.45) is 0 Å². The van der Waals surface area contributed by atoms with Gasteiger partial charge in [0.05, 0.1) is 18.8 Å². The van der Waals surface area contributed by atoms with Crippen LogP contribution in [0, 0.1) is 0 Å². The van der Waals surface area contributed by atoms with Gasteiger partial charge in [0.1, 0.15) is 12.0 Å². The Labute approximate surface area is 173 Å². The average Bonchev–Trinajstić information content (AvgIpc) is 3.44. The van der Waals surface area contributed by atoms with Crippen molar-refractivity contribution in [3.05, 3.63) is 65.9 Å². The maximum absolute atomic E-state index is 12.6. The number of carbonyl (C=O) groups is 2. The van der Waals surface area contributed by atoms with E-state index < -0.39 is 6.10 Å². The number of amides is 2. The molecule has 2 amide bonds. The molecule has 0 aliphatic carbocycles. The van der Waals surface area contributed by atoms with Crippen molar-refractivity contribution in [1.82, 2.24) is 15.2 Å². The number of nitrogens with zero attached hydrogens (tertiary/aromatic N) is 2. The minimum absolute atomic E-state index is 0.118. The zero-order valence-corrected chi connectivity index (χ0v) is 16.4. The molecule has 1 unspecified atom stereocenters. The van der Waals surface area contributed by atoms with Crippen LogP contribution in [-0.2, 0) is 17.8 Å². The van der Waals surface area contributed by atoms with Gasteiger partial charge in [0.2, 0.25) is 11.8 Å². The Morgan fingerprint density at radius 3 is 2.77 bits per heavy atom. The van der Waals surface area contributed by atoms with Crippen molar-refractivity contribution in [2.45, 2.75) is 31.9 Å². The SMILES string of the molecule is O=C(Cc1ccco1)NCc1ccc(-c2nc(C(=O)N3CCCC(O)C3)co2)cc1. The first-order valence-corrected chi connectivity index (χ1v) is 9.90. The van der Waals surface area contributed by atoms with Crippen LogP contribution in [0.1, 0.15) is 34.7 Å². The summed E-state index contributed by atoms with van der Waals surface area (Å²) in [6.45, 7) is 1.33. The second kappa shape index (κ2) is 8.96. The zero-order chi connectivity index (χ0) is 20.9. The quantitative estimate of drug-likeness (QED) is 0.647. The molecule has 0 saturated carbocycles. The number of piperidine rings is 1. The molecule has 156 valence electrons. The number of benzene rings is 1. The van der Waals surface area contributed by atoms with E-state index in [-0.39, 0.29) is 23.9 Å². The van der Waals surface area contributed by atoms with Gasteiger partial charge in [0.15, 0.2) is 5.69 Å². The lowest BCUT2D eigenvalue weighted by Crippen LogP contribution is -2.42. The van der Waals surface area contributed by atoms with Crippen LogP contribution in [0.15, 0.2) is 57.8 Å². The van der Waals surface area contributed by atoms with E-state index in [0.29, 0.717) is 37.7 Å². The number of hydrogen-bond donors (Lipinski definition) is 2. The maximum atomic E-state index is 12.6. The lowest BCUT2D eigenvalue weighted by atomic mass is 10.1. The van der Waals surface area contributed by atoms with Gasteiger partial charge in [-0.3, -0.25) is 9.59 Å². The molecule has 0 spiro atoms. The number of rotatable bonds is 6. The third-order valence-electron chi connectivity index (χ3n) is 5.01. The number of likely N-dealkylation sites (tertiary alicyclic amines) is 1. The Morgan fingerprint density at radius 1 is 1.20 bits per heavy atom. The molecule has 30 heavy (non-hydrogen) atoms. The molecule has 0 bridgehead atoms. The van der Waals surface area contributed by atoms with Crippen LogP contribution in [0.5, 0.6) is 0 Å². The van der Waals surface area contributed by atoms with Crippen LogP contribution in [0.25, 0.3) is 11.5 Å². The highest BCUT2D eigenvalue weighted by Crippen LogP contribution is 2.21. The largest absolute Gasteiger partial charge is 0.469 e. The minimum Gasteiger partial charge on any atom is -0.469 e. The molecule has 4 rings (SSSR count). The fourth-order valence-corrected chi connectivity index (χ4v) is 3.41. The summed E-state index contributed by atoms with van der Waals surface area (Å²) >= 11 is 0. The number of β-amino-alcohol motifs (C(OH)–C–C–N with tert-alkyl or cyclic N) is 1. The van der Waals surface area contributed by atoms with Gasteiger partial charge in [-0.2, -0.15) is 0 Å². The average molecular weight is 409 g/mol. The van der Waals surface area contributed by atoms with Crippen molar-refractivity contribution in [2.75, 3.05) is 13.1 Å². The zero-order valence-electron chi connectivity index (χ0n) is 16.4. The summed E-state index contributed by atoms with van der Waals surface area (Å²) in [5.74, 6) is 0.618. The van der Waals surface area contributed by atoms with Gasteiger partial charge in [-0.05, 0) is 42.7 Å². The molecule has 1 saturated heterocycles. The van der Waals surface area contributed by atoms with E-state index in [1.54, 1.807) is 23.3 Å². The second-order valence-electron chi connectivity index (χ2n) is 7.31. The fraction of sp³-hybridized carbons (Fsp3) is 0.318. The summed E-state index contributed by atoms with van der Waals surface area (Å²) in [4.78, 5) is 30.4. The van der Waals surface area contributed by atoms with Gasteiger partial charge >= 0.3 is 0 Å². The fourth-order valence-electron chi connectivity index (χ4n) is 3.41. The molecule has 2 N–H and O–H groups in total. The Morgan fingerprint density at radius 2 is 2.03 bits per heavy atom. The number of oxazole rings is 1. The third kappa shape index (κ3) is 4.77. The number of hydrogen-bond acceptors (Lipinski definition) is 6. The molecule has 1 aromatic carbocycles. The van der Waals surface area contributed by atoms with Crippen LogP contribution < -0.4 is 5.32 Å². The van der Waals surface area contributed by atoms with E-state index in [2.05, 4.69) is 10.3 Å². The summed E-state index contributed by atoms with van der Waals surface area (Å²) in [7, 11) is 0. The topological polar surface area (TPSA) is 109 Å². The van der Waals surface area contributed by atoms with Crippen LogP contribution in [0.2, 0.25) is 0 Å².